The molecule has 1 aliphatic heterocycles. The van der Waals surface area contributed by atoms with Gasteiger partial charge in [0.1, 0.15) is 4.62 Å². The highest BCUT2D eigenvalue weighted by Crippen LogP contribution is 2.26. The largest absolute Gasteiger partial charge is 0.381 e. The van der Waals surface area contributed by atoms with Gasteiger partial charge >= 0.3 is 0 Å². The Morgan fingerprint density at radius 3 is 2.73 bits per heavy atom. The van der Waals surface area contributed by atoms with Gasteiger partial charge in [-0.3, -0.25) is 4.99 Å². The molecule has 0 unspecified atom stereocenters. The van der Waals surface area contributed by atoms with Gasteiger partial charge in [0, 0.05) is 25.6 Å². The van der Waals surface area contributed by atoms with E-state index in [4.69, 9.17) is 4.74 Å². The maximum Gasteiger partial charge on any atom is 0.102 e. The normalized spacial score (nSPS) is 31.6. The molecule has 0 aromatic carbocycles. The maximum absolute atomic E-state index is 5.38. The Balaban J connectivity index is 1.86. The van der Waals surface area contributed by atoms with Crippen LogP contribution in [0.4, 0.5) is 0 Å². The monoisotopic (exact) mass is 272 g/mol. The Labute approximate surface area is 99.3 Å². The van der Waals surface area contributed by atoms with E-state index in [1.165, 1.54) is 25.7 Å². The number of halogens is 1. The van der Waals surface area contributed by atoms with Crippen molar-refractivity contribution >= 4 is 20.6 Å². The number of nitrogens with zero attached hydrogens (tertiary/aromatic N) is 2. The van der Waals surface area contributed by atoms with Crippen LogP contribution in [0.25, 0.3) is 0 Å². The van der Waals surface area contributed by atoms with Crippen LogP contribution in [0.1, 0.15) is 25.7 Å². The van der Waals surface area contributed by atoms with Gasteiger partial charge in [-0.05, 0) is 41.6 Å². The van der Waals surface area contributed by atoms with Crippen LogP contribution in [0, 0.1) is 0 Å². The highest BCUT2D eigenvalue weighted by Gasteiger charge is 2.25. The second-order valence-electron chi connectivity index (χ2n) is 4.14. The highest BCUT2D eigenvalue weighted by molar-refractivity contribution is 9.18. The minimum absolute atomic E-state index is 0.479. The molecule has 0 atom stereocenters. The third-order valence-electron chi connectivity index (χ3n) is 3.23. The fourth-order valence-electron chi connectivity index (χ4n) is 2.31. The van der Waals surface area contributed by atoms with Crippen LogP contribution in [0.3, 0.4) is 0 Å². The van der Waals surface area contributed by atoms with E-state index in [1.807, 2.05) is 13.3 Å². The molecule has 0 radical (unpaired) electrons. The molecule has 2 aliphatic rings. The lowest BCUT2D eigenvalue weighted by Crippen LogP contribution is -2.38. The smallest absolute Gasteiger partial charge is 0.102 e. The zero-order valence-electron chi connectivity index (χ0n) is 9.03. The summed E-state index contributed by atoms with van der Waals surface area (Å²) in [6.07, 6.45) is 9.26. The second-order valence-corrected chi connectivity index (χ2v) is 5.06. The van der Waals surface area contributed by atoms with Crippen LogP contribution >= 0.6 is 15.9 Å². The second kappa shape index (κ2) is 5.12. The van der Waals surface area contributed by atoms with Crippen molar-refractivity contribution in [2.24, 2.45) is 4.99 Å². The standard InChI is InChI=1S/C11H17BrN2O/c1-15-10-4-2-9(3-5-10)14-7-6-13-11(12)8-14/h6-7,9-10H,2-5,8H2,1H3/t9-,10+. The van der Waals surface area contributed by atoms with Gasteiger partial charge < -0.3 is 9.64 Å². The summed E-state index contributed by atoms with van der Waals surface area (Å²) in [5.74, 6) is 0. The van der Waals surface area contributed by atoms with Crippen molar-refractivity contribution in [2.75, 3.05) is 13.7 Å². The molecule has 1 fully saturated rings. The van der Waals surface area contributed by atoms with Gasteiger partial charge in [0.25, 0.3) is 0 Å². The van der Waals surface area contributed by atoms with Crippen molar-refractivity contribution in [3.05, 3.63) is 12.4 Å². The SMILES string of the molecule is CO[C@H]1CC[C@@H](N2C=CN=C(Br)C2)CC1. The Hall–Kier alpha value is -0.350. The van der Waals surface area contributed by atoms with Crippen LogP contribution in [0.5, 0.6) is 0 Å². The molecule has 0 saturated heterocycles. The van der Waals surface area contributed by atoms with E-state index in [0.29, 0.717) is 12.1 Å². The van der Waals surface area contributed by atoms with E-state index < -0.39 is 0 Å². The van der Waals surface area contributed by atoms with E-state index in [1.54, 1.807) is 0 Å². The lowest BCUT2D eigenvalue weighted by molar-refractivity contribution is 0.0500. The number of hydrogen-bond acceptors (Lipinski definition) is 3. The maximum atomic E-state index is 5.38. The van der Waals surface area contributed by atoms with Crippen molar-refractivity contribution in [2.45, 2.75) is 37.8 Å². The minimum atomic E-state index is 0.479. The average Bonchev–Trinajstić information content (AvgIpc) is 2.29. The third kappa shape index (κ3) is 2.82. The number of ether oxygens (including phenoxy) is 1. The number of rotatable bonds is 2. The van der Waals surface area contributed by atoms with Gasteiger partial charge in [0.05, 0.1) is 12.6 Å². The summed E-state index contributed by atoms with van der Waals surface area (Å²) < 4.78 is 6.41. The van der Waals surface area contributed by atoms with Gasteiger partial charge in [0.2, 0.25) is 0 Å². The fourth-order valence-corrected chi connectivity index (χ4v) is 2.72. The molecule has 1 saturated carbocycles. The molecule has 1 heterocycles. The number of hydrogen-bond donors (Lipinski definition) is 0. The molecular formula is C11H17BrN2O. The first-order valence-electron chi connectivity index (χ1n) is 5.47. The molecule has 0 N–H and O–H groups in total. The molecule has 2 rings (SSSR count). The molecule has 0 bridgehead atoms. The van der Waals surface area contributed by atoms with Crippen LogP contribution in [-0.4, -0.2) is 35.3 Å². The van der Waals surface area contributed by atoms with Crippen LogP contribution in [0.15, 0.2) is 17.4 Å². The third-order valence-corrected chi connectivity index (χ3v) is 3.69. The van der Waals surface area contributed by atoms with Gasteiger partial charge in [-0.25, -0.2) is 0 Å². The minimum Gasteiger partial charge on any atom is -0.381 e. The van der Waals surface area contributed by atoms with Crippen LogP contribution in [0.2, 0.25) is 0 Å². The lowest BCUT2D eigenvalue weighted by atomic mass is 9.92. The number of methoxy groups -OCH3 is 1. The molecule has 0 amide bonds. The van der Waals surface area contributed by atoms with Crippen molar-refractivity contribution in [3.63, 3.8) is 0 Å². The van der Waals surface area contributed by atoms with E-state index in [0.717, 1.165) is 11.2 Å². The van der Waals surface area contributed by atoms with Crippen molar-refractivity contribution in [1.29, 1.82) is 0 Å². The molecule has 1 aliphatic carbocycles. The van der Waals surface area contributed by atoms with Crippen molar-refractivity contribution in [1.82, 2.24) is 4.90 Å². The first-order valence-corrected chi connectivity index (χ1v) is 6.26. The summed E-state index contributed by atoms with van der Waals surface area (Å²) in [6.45, 7) is 0.915. The van der Waals surface area contributed by atoms with E-state index >= 15 is 0 Å². The molecule has 0 aromatic heterocycles. The first kappa shape index (κ1) is 11.1. The number of aliphatic imine (C=N–C) groups is 1. The topological polar surface area (TPSA) is 24.8 Å². The molecule has 15 heavy (non-hydrogen) atoms. The molecule has 0 aromatic rings. The molecule has 0 spiro atoms. The van der Waals surface area contributed by atoms with E-state index in [2.05, 4.69) is 32.0 Å². The predicted molar refractivity (Wildman–Crippen MR) is 65.3 cm³/mol. The van der Waals surface area contributed by atoms with Crippen LogP contribution < -0.4 is 0 Å². The van der Waals surface area contributed by atoms with E-state index in [9.17, 15) is 0 Å². The average molecular weight is 273 g/mol. The zero-order valence-corrected chi connectivity index (χ0v) is 10.6. The summed E-state index contributed by atoms with van der Waals surface area (Å²) in [6, 6.07) is 0.663. The van der Waals surface area contributed by atoms with E-state index in [-0.39, 0.29) is 0 Å². The highest BCUT2D eigenvalue weighted by atomic mass is 79.9. The van der Waals surface area contributed by atoms with Gasteiger partial charge in [0.15, 0.2) is 0 Å². The van der Waals surface area contributed by atoms with Crippen molar-refractivity contribution < 1.29 is 4.74 Å². The Kier molecular flexibility index (Phi) is 3.81. The lowest BCUT2D eigenvalue weighted by Gasteiger charge is -2.36. The first-order chi connectivity index (χ1) is 7.29. The quantitative estimate of drug-likeness (QED) is 0.772. The summed E-state index contributed by atoms with van der Waals surface area (Å²) >= 11 is 3.45. The molecule has 84 valence electrons. The fraction of sp³-hybridized carbons (Fsp3) is 0.727. The molecule has 3 nitrogen and oxygen atoms in total. The molecular weight excluding hydrogens is 256 g/mol. The van der Waals surface area contributed by atoms with Crippen molar-refractivity contribution in [3.8, 4) is 0 Å². The summed E-state index contributed by atoms with van der Waals surface area (Å²) in [7, 11) is 1.81. The van der Waals surface area contributed by atoms with Gasteiger partial charge in [-0.1, -0.05) is 0 Å². The Morgan fingerprint density at radius 1 is 1.40 bits per heavy atom. The zero-order chi connectivity index (χ0) is 10.7. The predicted octanol–water partition coefficient (Wildman–Crippen LogP) is 2.52. The van der Waals surface area contributed by atoms with Crippen LogP contribution in [-0.2, 0) is 4.74 Å². The summed E-state index contributed by atoms with van der Waals surface area (Å²) in [5.41, 5.74) is 0. The Morgan fingerprint density at radius 2 is 2.13 bits per heavy atom. The summed E-state index contributed by atoms with van der Waals surface area (Å²) in [5, 5.41) is 0. The van der Waals surface area contributed by atoms with Gasteiger partial charge in [-0.15, -0.1) is 0 Å². The van der Waals surface area contributed by atoms with Gasteiger partial charge in [-0.2, -0.15) is 0 Å². The molecule has 4 heteroatoms. The summed E-state index contributed by atoms with van der Waals surface area (Å²) in [4.78, 5) is 6.57. The Bertz CT molecular complexity index is 270.